The van der Waals surface area contributed by atoms with Gasteiger partial charge in [0, 0.05) is 25.2 Å². The van der Waals surface area contributed by atoms with Crippen LogP contribution in [0.2, 0.25) is 0 Å². The largest absolute Gasteiger partial charge is 0.328 e. The average molecular weight is 313 g/mol. The standard InChI is InChI=1S/C13H19N3O4S/c1-9-4-3-5-12(16(17)18)13(9)21(19,20)15-7-6-11(8-15)10(2)14/h3-5,10-11H,6-8,14H2,1-2H3. The van der Waals surface area contributed by atoms with Gasteiger partial charge in [-0.3, -0.25) is 10.1 Å². The smallest absolute Gasteiger partial charge is 0.289 e. The van der Waals surface area contributed by atoms with Crippen LogP contribution in [0.4, 0.5) is 5.69 Å². The monoisotopic (exact) mass is 313 g/mol. The molecule has 1 saturated heterocycles. The number of nitrogens with two attached hydrogens (primary N) is 1. The lowest BCUT2D eigenvalue weighted by molar-refractivity contribution is -0.387. The van der Waals surface area contributed by atoms with Crippen LogP contribution in [0.5, 0.6) is 0 Å². The van der Waals surface area contributed by atoms with Crippen molar-refractivity contribution in [2.45, 2.75) is 31.2 Å². The Labute approximate surface area is 123 Å². The molecule has 21 heavy (non-hydrogen) atoms. The molecule has 2 atom stereocenters. The molecule has 1 aliphatic rings. The molecular weight excluding hydrogens is 294 g/mol. The van der Waals surface area contributed by atoms with Gasteiger partial charge in [-0.25, -0.2) is 8.42 Å². The summed E-state index contributed by atoms with van der Waals surface area (Å²) in [6.07, 6.45) is 0.677. The second kappa shape index (κ2) is 5.70. The van der Waals surface area contributed by atoms with Crippen LogP contribution < -0.4 is 5.73 Å². The van der Waals surface area contributed by atoms with Crippen LogP contribution in [-0.2, 0) is 10.0 Å². The van der Waals surface area contributed by atoms with Crippen molar-refractivity contribution < 1.29 is 13.3 Å². The zero-order valence-electron chi connectivity index (χ0n) is 12.0. The van der Waals surface area contributed by atoms with Crippen LogP contribution in [0.25, 0.3) is 0 Å². The fourth-order valence-electron chi connectivity index (χ4n) is 2.65. The topological polar surface area (TPSA) is 107 Å². The predicted molar refractivity (Wildman–Crippen MR) is 78.3 cm³/mol. The summed E-state index contributed by atoms with van der Waals surface area (Å²) < 4.78 is 26.8. The lowest BCUT2D eigenvalue weighted by Gasteiger charge is -2.19. The molecule has 0 saturated carbocycles. The first-order chi connectivity index (χ1) is 9.75. The molecule has 0 bridgehead atoms. The Kier molecular flexibility index (Phi) is 4.31. The molecule has 0 aromatic heterocycles. The maximum atomic E-state index is 12.7. The van der Waals surface area contributed by atoms with Crippen LogP contribution in [0.15, 0.2) is 23.1 Å². The molecule has 0 aliphatic carbocycles. The van der Waals surface area contributed by atoms with Gasteiger partial charge >= 0.3 is 0 Å². The minimum Gasteiger partial charge on any atom is -0.328 e. The molecule has 1 fully saturated rings. The van der Waals surface area contributed by atoms with Crippen molar-refractivity contribution in [3.05, 3.63) is 33.9 Å². The van der Waals surface area contributed by atoms with Crippen molar-refractivity contribution >= 4 is 15.7 Å². The molecule has 2 N–H and O–H groups in total. The highest BCUT2D eigenvalue weighted by Gasteiger charge is 2.38. The zero-order chi connectivity index (χ0) is 15.8. The van der Waals surface area contributed by atoms with Gasteiger partial charge in [-0.2, -0.15) is 4.31 Å². The van der Waals surface area contributed by atoms with Crippen LogP contribution in [0.3, 0.4) is 0 Å². The van der Waals surface area contributed by atoms with Crippen molar-refractivity contribution in [2.24, 2.45) is 11.7 Å². The van der Waals surface area contributed by atoms with Crippen molar-refractivity contribution in [1.29, 1.82) is 0 Å². The third-order valence-corrected chi connectivity index (χ3v) is 5.98. The van der Waals surface area contributed by atoms with Gasteiger partial charge in [-0.15, -0.1) is 0 Å². The molecule has 1 aliphatic heterocycles. The summed E-state index contributed by atoms with van der Waals surface area (Å²) in [6.45, 7) is 4.07. The van der Waals surface area contributed by atoms with Crippen molar-refractivity contribution in [2.75, 3.05) is 13.1 Å². The summed E-state index contributed by atoms with van der Waals surface area (Å²) in [7, 11) is -3.88. The summed E-state index contributed by atoms with van der Waals surface area (Å²) >= 11 is 0. The Balaban J connectivity index is 2.44. The first-order valence-corrected chi connectivity index (χ1v) is 8.19. The first-order valence-electron chi connectivity index (χ1n) is 6.75. The fraction of sp³-hybridized carbons (Fsp3) is 0.538. The molecular formula is C13H19N3O4S. The van der Waals surface area contributed by atoms with E-state index in [4.69, 9.17) is 5.73 Å². The highest BCUT2D eigenvalue weighted by Crippen LogP contribution is 2.32. The summed E-state index contributed by atoms with van der Waals surface area (Å²) in [5.74, 6) is 0.0860. The number of benzene rings is 1. The second-order valence-corrected chi connectivity index (χ2v) is 7.33. The van der Waals surface area contributed by atoms with Crippen LogP contribution >= 0.6 is 0 Å². The predicted octanol–water partition coefficient (Wildman–Crippen LogP) is 1.26. The molecule has 0 radical (unpaired) electrons. The van der Waals surface area contributed by atoms with Crippen molar-refractivity contribution in [1.82, 2.24) is 4.31 Å². The van der Waals surface area contributed by atoms with Crippen molar-refractivity contribution in [3.8, 4) is 0 Å². The number of sulfonamides is 1. The summed E-state index contributed by atoms with van der Waals surface area (Å²) in [4.78, 5) is 10.2. The van der Waals surface area contributed by atoms with E-state index in [2.05, 4.69) is 0 Å². The van der Waals surface area contributed by atoms with E-state index in [9.17, 15) is 18.5 Å². The van der Waals surface area contributed by atoms with E-state index in [1.54, 1.807) is 13.0 Å². The van der Waals surface area contributed by atoms with Gasteiger partial charge in [0.1, 0.15) is 0 Å². The Bertz CT molecular complexity index is 657. The number of nitro benzene ring substituents is 1. The Morgan fingerprint density at radius 2 is 2.14 bits per heavy atom. The Hall–Kier alpha value is -1.51. The molecule has 0 amide bonds. The van der Waals surface area contributed by atoms with Gasteiger partial charge in [0.05, 0.1) is 4.92 Å². The summed E-state index contributed by atoms with van der Waals surface area (Å²) in [5.41, 5.74) is 5.83. The van der Waals surface area contributed by atoms with Gasteiger partial charge in [0.2, 0.25) is 10.0 Å². The number of aryl methyl sites for hydroxylation is 1. The SMILES string of the molecule is Cc1cccc([N+](=O)[O-])c1S(=O)(=O)N1CCC(C(C)N)C1. The molecule has 1 heterocycles. The molecule has 1 aromatic carbocycles. The number of nitrogens with zero attached hydrogens (tertiary/aromatic N) is 2. The normalized spacial score (nSPS) is 21.4. The van der Waals surface area contributed by atoms with E-state index in [0.717, 1.165) is 0 Å². The maximum absolute atomic E-state index is 12.7. The number of hydrogen-bond acceptors (Lipinski definition) is 5. The van der Waals surface area contributed by atoms with E-state index in [0.29, 0.717) is 25.1 Å². The molecule has 116 valence electrons. The number of rotatable bonds is 4. The maximum Gasteiger partial charge on any atom is 0.289 e. The lowest BCUT2D eigenvalue weighted by Crippen LogP contribution is -2.33. The summed E-state index contributed by atoms with van der Waals surface area (Å²) in [5, 5.41) is 11.1. The van der Waals surface area contributed by atoms with E-state index in [-0.39, 0.29) is 22.5 Å². The van der Waals surface area contributed by atoms with Gasteiger partial charge in [0.15, 0.2) is 4.90 Å². The van der Waals surface area contributed by atoms with Crippen LogP contribution in [-0.4, -0.2) is 36.8 Å². The van der Waals surface area contributed by atoms with Crippen LogP contribution in [0, 0.1) is 23.0 Å². The van der Waals surface area contributed by atoms with Gasteiger partial charge in [0.25, 0.3) is 5.69 Å². The zero-order valence-corrected chi connectivity index (χ0v) is 12.8. The van der Waals surface area contributed by atoms with Gasteiger partial charge in [-0.1, -0.05) is 12.1 Å². The Morgan fingerprint density at radius 3 is 2.67 bits per heavy atom. The lowest BCUT2D eigenvalue weighted by atomic mass is 10.0. The third-order valence-electron chi connectivity index (χ3n) is 3.92. The van der Waals surface area contributed by atoms with Crippen molar-refractivity contribution in [3.63, 3.8) is 0 Å². The van der Waals surface area contributed by atoms with E-state index >= 15 is 0 Å². The molecule has 2 rings (SSSR count). The molecule has 1 aromatic rings. The third kappa shape index (κ3) is 2.92. The average Bonchev–Trinajstić information content (AvgIpc) is 2.88. The first kappa shape index (κ1) is 15.9. The molecule has 0 spiro atoms. The number of nitro groups is 1. The minimum absolute atomic E-state index is 0.0860. The molecule has 7 nitrogen and oxygen atoms in total. The summed E-state index contributed by atoms with van der Waals surface area (Å²) in [6, 6.07) is 4.18. The number of hydrogen-bond donors (Lipinski definition) is 1. The van der Waals surface area contributed by atoms with E-state index < -0.39 is 14.9 Å². The Morgan fingerprint density at radius 1 is 1.48 bits per heavy atom. The second-order valence-electron chi connectivity index (χ2n) is 5.45. The van der Waals surface area contributed by atoms with E-state index in [1.807, 2.05) is 6.92 Å². The fourth-order valence-corrected chi connectivity index (χ4v) is 4.52. The van der Waals surface area contributed by atoms with Gasteiger partial charge < -0.3 is 5.73 Å². The molecule has 8 heteroatoms. The van der Waals surface area contributed by atoms with Crippen LogP contribution in [0.1, 0.15) is 18.9 Å². The van der Waals surface area contributed by atoms with E-state index in [1.165, 1.54) is 16.4 Å². The highest BCUT2D eigenvalue weighted by molar-refractivity contribution is 7.89. The van der Waals surface area contributed by atoms with Gasteiger partial charge in [-0.05, 0) is 31.7 Å². The molecule has 2 unspecified atom stereocenters. The highest BCUT2D eigenvalue weighted by atomic mass is 32.2. The quantitative estimate of drug-likeness (QED) is 0.665. The minimum atomic E-state index is -3.88.